The Morgan fingerprint density at radius 2 is 2.00 bits per heavy atom. The SMILES string of the molecule is CC(C)Cc1nc2nccc(-c3ccc(CNC(=O)c4nc(C(C)(C)C)no4)c(F)c3)c2[nH]1. The number of nitrogens with zero attached hydrogens (tertiary/aromatic N) is 4. The molecular weight excluding hydrogens is 423 g/mol. The van der Waals surface area contributed by atoms with Gasteiger partial charge in [-0.1, -0.05) is 51.9 Å². The number of carbonyl (C=O) groups is 1. The summed E-state index contributed by atoms with van der Waals surface area (Å²) < 4.78 is 19.9. The number of hydrogen-bond acceptors (Lipinski definition) is 6. The van der Waals surface area contributed by atoms with E-state index in [1.165, 1.54) is 6.07 Å². The normalized spacial score (nSPS) is 12.0. The summed E-state index contributed by atoms with van der Waals surface area (Å²) in [6.07, 6.45) is 2.47. The lowest BCUT2D eigenvalue weighted by Crippen LogP contribution is -2.24. The lowest BCUT2D eigenvalue weighted by Gasteiger charge is -2.10. The van der Waals surface area contributed by atoms with Gasteiger partial charge in [-0.15, -0.1) is 0 Å². The molecule has 0 bridgehead atoms. The Bertz CT molecular complexity index is 1300. The number of aromatic amines is 1. The Morgan fingerprint density at radius 3 is 2.67 bits per heavy atom. The summed E-state index contributed by atoms with van der Waals surface area (Å²) in [7, 11) is 0. The van der Waals surface area contributed by atoms with Crippen LogP contribution in [0.1, 0.15) is 62.5 Å². The van der Waals surface area contributed by atoms with Crippen LogP contribution in [0.25, 0.3) is 22.3 Å². The van der Waals surface area contributed by atoms with Crippen LogP contribution in [-0.2, 0) is 18.4 Å². The summed E-state index contributed by atoms with van der Waals surface area (Å²) in [5, 5.41) is 6.46. The number of fused-ring (bicyclic) bond motifs is 1. The molecule has 0 unspecified atom stereocenters. The van der Waals surface area contributed by atoms with Gasteiger partial charge in [0.05, 0.1) is 5.52 Å². The van der Waals surface area contributed by atoms with Crippen molar-refractivity contribution in [1.29, 1.82) is 0 Å². The minimum atomic E-state index is -0.549. The highest BCUT2D eigenvalue weighted by atomic mass is 19.1. The molecule has 9 heteroatoms. The summed E-state index contributed by atoms with van der Waals surface area (Å²) >= 11 is 0. The highest BCUT2D eigenvalue weighted by molar-refractivity contribution is 5.90. The number of H-pyrrole nitrogens is 1. The lowest BCUT2D eigenvalue weighted by atomic mass is 9.96. The molecular formula is C24H27FN6O2. The molecule has 4 aromatic rings. The van der Waals surface area contributed by atoms with Gasteiger partial charge >= 0.3 is 11.8 Å². The Balaban J connectivity index is 1.51. The number of nitrogens with one attached hydrogen (secondary N) is 2. The highest BCUT2D eigenvalue weighted by Gasteiger charge is 2.24. The predicted octanol–water partition coefficient (Wildman–Crippen LogP) is 4.57. The van der Waals surface area contributed by atoms with Crippen LogP contribution in [0.4, 0.5) is 4.39 Å². The predicted molar refractivity (Wildman–Crippen MR) is 122 cm³/mol. The Kier molecular flexibility index (Phi) is 5.97. The molecule has 1 aromatic carbocycles. The number of amides is 1. The van der Waals surface area contributed by atoms with Gasteiger partial charge in [0, 0.05) is 35.7 Å². The molecule has 1 amide bonds. The number of carbonyl (C=O) groups excluding carboxylic acids is 1. The summed E-state index contributed by atoms with van der Waals surface area (Å²) in [6.45, 7) is 9.99. The number of rotatable bonds is 6. The van der Waals surface area contributed by atoms with E-state index in [1.807, 2.05) is 32.9 Å². The molecule has 3 aromatic heterocycles. The quantitative estimate of drug-likeness (QED) is 0.445. The molecule has 33 heavy (non-hydrogen) atoms. The Hall–Kier alpha value is -3.62. The molecule has 0 radical (unpaired) electrons. The van der Waals surface area contributed by atoms with E-state index >= 15 is 0 Å². The van der Waals surface area contributed by atoms with Crippen molar-refractivity contribution in [3.63, 3.8) is 0 Å². The van der Waals surface area contributed by atoms with Crippen LogP contribution in [-0.4, -0.2) is 31.0 Å². The second-order valence-electron chi connectivity index (χ2n) is 9.50. The molecule has 0 aliphatic carbocycles. The van der Waals surface area contributed by atoms with Crippen LogP contribution >= 0.6 is 0 Å². The highest BCUT2D eigenvalue weighted by Crippen LogP contribution is 2.28. The van der Waals surface area contributed by atoms with Crippen molar-refractivity contribution in [1.82, 2.24) is 30.4 Å². The fourth-order valence-corrected chi connectivity index (χ4v) is 3.41. The van der Waals surface area contributed by atoms with Crippen molar-refractivity contribution < 1.29 is 13.7 Å². The average molecular weight is 451 g/mol. The first-order chi connectivity index (χ1) is 15.6. The van der Waals surface area contributed by atoms with Crippen molar-refractivity contribution in [2.75, 3.05) is 0 Å². The Morgan fingerprint density at radius 1 is 1.21 bits per heavy atom. The van der Waals surface area contributed by atoms with Gasteiger partial charge in [-0.25, -0.2) is 14.4 Å². The minimum absolute atomic E-state index is 0.00741. The maximum atomic E-state index is 14.9. The van der Waals surface area contributed by atoms with Gasteiger partial charge < -0.3 is 14.8 Å². The van der Waals surface area contributed by atoms with Crippen LogP contribution in [0.15, 0.2) is 35.0 Å². The largest absolute Gasteiger partial charge is 0.344 e. The van der Waals surface area contributed by atoms with Crippen LogP contribution in [0, 0.1) is 11.7 Å². The molecule has 0 aliphatic heterocycles. The minimum Gasteiger partial charge on any atom is -0.344 e. The summed E-state index contributed by atoms with van der Waals surface area (Å²) in [4.78, 5) is 28.6. The summed E-state index contributed by atoms with van der Waals surface area (Å²) in [5.41, 5.74) is 2.90. The zero-order chi connectivity index (χ0) is 23.8. The number of hydrogen-bond donors (Lipinski definition) is 2. The smallest absolute Gasteiger partial charge is 0.315 e. The molecule has 0 aliphatic rings. The third-order valence-electron chi connectivity index (χ3n) is 5.14. The lowest BCUT2D eigenvalue weighted by molar-refractivity contribution is 0.0906. The standard InChI is InChI=1S/C24H27FN6O2/c1-13(2)10-18-28-19-16(8-9-26-20(19)29-18)14-6-7-15(17(25)11-14)12-27-21(32)22-30-23(31-33-22)24(3,4)5/h6-9,11,13H,10,12H2,1-5H3,(H,27,32)(H,26,28,29). The Labute approximate surface area is 191 Å². The van der Waals surface area contributed by atoms with E-state index < -0.39 is 11.7 Å². The maximum Gasteiger partial charge on any atom is 0.315 e. The third-order valence-corrected chi connectivity index (χ3v) is 5.14. The van der Waals surface area contributed by atoms with E-state index in [0.717, 1.165) is 23.3 Å². The van der Waals surface area contributed by atoms with E-state index in [9.17, 15) is 9.18 Å². The topological polar surface area (TPSA) is 110 Å². The number of pyridine rings is 1. The van der Waals surface area contributed by atoms with E-state index in [1.54, 1.807) is 12.3 Å². The number of benzene rings is 1. The fraction of sp³-hybridized carbons (Fsp3) is 0.375. The monoisotopic (exact) mass is 450 g/mol. The van der Waals surface area contributed by atoms with Gasteiger partial charge in [0.15, 0.2) is 11.5 Å². The molecule has 8 nitrogen and oxygen atoms in total. The average Bonchev–Trinajstić information content (AvgIpc) is 3.38. The van der Waals surface area contributed by atoms with E-state index in [4.69, 9.17) is 4.52 Å². The van der Waals surface area contributed by atoms with Crippen LogP contribution in [0.3, 0.4) is 0 Å². The van der Waals surface area contributed by atoms with Crippen molar-refractivity contribution in [3.05, 3.63) is 59.4 Å². The second kappa shape index (κ2) is 8.73. The van der Waals surface area contributed by atoms with Gasteiger partial charge in [0.2, 0.25) is 0 Å². The van der Waals surface area contributed by atoms with Crippen LogP contribution in [0.2, 0.25) is 0 Å². The summed E-state index contributed by atoms with van der Waals surface area (Å²) in [6, 6.07) is 6.74. The number of aromatic nitrogens is 5. The molecule has 0 spiro atoms. The van der Waals surface area contributed by atoms with Crippen LogP contribution < -0.4 is 5.32 Å². The van der Waals surface area contributed by atoms with Crippen molar-refractivity contribution in [2.24, 2.45) is 5.92 Å². The fourth-order valence-electron chi connectivity index (χ4n) is 3.41. The number of halogens is 1. The van der Waals surface area contributed by atoms with Crippen molar-refractivity contribution >= 4 is 17.1 Å². The van der Waals surface area contributed by atoms with Gasteiger partial charge in [0.25, 0.3) is 0 Å². The zero-order valence-electron chi connectivity index (χ0n) is 19.4. The maximum absolute atomic E-state index is 14.9. The summed E-state index contributed by atoms with van der Waals surface area (Å²) in [5.74, 6) is 0.617. The molecule has 0 fully saturated rings. The zero-order valence-corrected chi connectivity index (χ0v) is 19.4. The van der Waals surface area contributed by atoms with Gasteiger partial charge in [-0.05, 0) is 23.6 Å². The van der Waals surface area contributed by atoms with Gasteiger partial charge in [0.1, 0.15) is 11.6 Å². The molecule has 3 heterocycles. The molecule has 0 atom stereocenters. The van der Waals surface area contributed by atoms with Gasteiger partial charge in [-0.2, -0.15) is 4.98 Å². The molecule has 4 rings (SSSR count). The molecule has 0 saturated carbocycles. The van der Waals surface area contributed by atoms with E-state index in [0.29, 0.717) is 28.5 Å². The van der Waals surface area contributed by atoms with Gasteiger partial charge in [-0.3, -0.25) is 4.79 Å². The molecule has 0 saturated heterocycles. The second-order valence-corrected chi connectivity index (χ2v) is 9.50. The van der Waals surface area contributed by atoms with Crippen LogP contribution in [0.5, 0.6) is 0 Å². The van der Waals surface area contributed by atoms with Crippen molar-refractivity contribution in [2.45, 2.75) is 53.0 Å². The first-order valence-electron chi connectivity index (χ1n) is 10.9. The first kappa shape index (κ1) is 22.6. The van der Waals surface area contributed by atoms with Crippen molar-refractivity contribution in [3.8, 4) is 11.1 Å². The molecule has 172 valence electrons. The number of imidazole rings is 1. The van der Waals surface area contributed by atoms with E-state index in [-0.39, 0.29) is 17.9 Å². The third kappa shape index (κ3) is 4.92. The van der Waals surface area contributed by atoms with E-state index in [2.05, 4.69) is 44.3 Å². The molecule has 2 N–H and O–H groups in total. The first-order valence-corrected chi connectivity index (χ1v) is 10.9.